The molecular formula is C9H18N6. The van der Waals surface area contributed by atoms with Gasteiger partial charge in [0, 0.05) is 25.7 Å². The fourth-order valence-corrected chi connectivity index (χ4v) is 1.76. The molecule has 0 aliphatic carbocycles. The SMILES string of the molecule is CCCCn1nnnc1CN1CC(N)C1. The number of hydrogen-bond donors (Lipinski definition) is 1. The van der Waals surface area contributed by atoms with Crippen LogP contribution in [0.5, 0.6) is 0 Å². The van der Waals surface area contributed by atoms with Crippen LogP contribution in [0.1, 0.15) is 25.6 Å². The van der Waals surface area contributed by atoms with Crippen molar-refractivity contribution in [1.29, 1.82) is 0 Å². The van der Waals surface area contributed by atoms with Crippen LogP contribution in [0.25, 0.3) is 0 Å². The van der Waals surface area contributed by atoms with Crippen LogP contribution in [0.15, 0.2) is 0 Å². The summed E-state index contributed by atoms with van der Waals surface area (Å²) in [4.78, 5) is 2.26. The molecule has 6 heteroatoms. The summed E-state index contributed by atoms with van der Waals surface area (Å²) in [5.41, 5.74) is 5.72. The van der Waals surface area contributed by atoms with Crippen LogP contribution < -0.4 is 5.73 Å². The summed E-state index contributed by atoms with van der Waals surface area (Å²) in [6.07, 6.45) is 2.28. The first kappa shape index (κ1) is 10.5. The predicted octanol–water partition coefficient (Wildman–Crippen LogP) is -0.384. The highest BCUT2D eigenvalue weighted by Crippen LogP contribution is 2.09. The van der Waals surface area contributed by atoms with Crippen molar-refractivity contribution < 1.29 is 0 Å². The van der Waals surface area contributed by atoms with E-state index in [-0.39, 0.29) is 0 Å². The Kier molecular flexibility index (Phi) is 3.27. The van der Waals surface area contributed by atoms with Crippen LogP contribution in [0.3, 0.4) is 0 Å². The van der Waals surface area contributed by atoms with Gasteiger partial charge in [-0.25, -0.2) is 4.68 Å². The molecule has 0 spiro atoms. The van der Waals surface area contributed by atoms with Crippen LogP contribution in [0.4, 0.5) is 0 Å². The van der Waals surface area contributed by atoms with Crippen molar-refractivity contribution >= 4 is 0 Å². The highest BCUT2D eigenvalue weighted by Gasteiger charge is 2.24. The zero-order valence-corrected chi connectivity index (χ0v) is 9.13. The third-order valence-corrected chi connectivity index (χ3v) is 2.68. The monoisotopic (exact) mass is 210 g/mol. The Morgan fingerprint density at radius 2 is 2.27 bits per heavy atom. The molecule has 1 aliphatic heterocycles. The lowest BCUT2D eigenvalue weighted by molar-refractivity contribution is 0.136. The van der Waals surface area contributed by atoms with Gasteiger partial charge in [-0.3, -0.25) is 4.90 Å². The van der Waals surface area contributed by atoms with E-state index in [2.05, 4.69) is 27.3 Å². The highest BCUT2D eigenvalue weighted by atomic mass is 15.5. The Labute approximate surface area is 89.4 Å². The van der Waals surface area contributed by atoms with Crippen molar-refractivity contribution in [2.24, 2.45) is 5.73 Å². The Bertz CT molecular complexity index is 303. The molecule has 84 valence electrons. The van der Waals surface area contributed by atoms with E-state index < -0.39 is 0 Å². The zero-order chi connectivity index (χ0) is 10.7. The van der Waals surface area contributed by atoms with Crippen LogP contribution in [-0.2, 0) is 13.1 Å². The maximum Gasteiger partial charge on any atom is 0.165 e. The van der Waals surface area contributed by atoms with E-state index in [1.54, 1.807) is 0 Å². The molecule has 1 aromatic rings. The van der Waals surface area contributed by atoms with Crippen molar-refractivity contribution in [2.75, 3.05) is 13.1 Å². The number of likely N-dealkylation sites (tertiary alicyclic amines) is 1. The summed E-state index contributed by atoms with van der Waals surface area (Å²) in [5.74, 6) is 0.954. The summed E-state index contributed by atoms with van der Waals surface area (Å²) in [7, 11) is 0. The standard InChI is InChI=1S/C9H18N6/c1-2-3-4-15-9(11-12-13-15)7-14-5-8(10)6-14/h8H,2-7,10H2,1H3. The predicted molar refractivity (Wildman–Crippen MR) is 56.0 cm³/mol. The van der Waals surface area contributed by atoms with E-state index in [9.17, 15) is 0 Å². The number of rotatable bonds is 5. The van der Waals surface area contributed by atoms with E-state index in [1.807, 2.05) is 4.68 Å². The number of tetrazole rings is 1. The van der Waals surface area contributed by atoms with Gasteiger partial charge in [-0.15, -0.1) is 5.10 Å². The molecule has 2 heterocycles. The summed E-state index contributed by atoms with van der Waals surface area (Å²) >= 11 is 0. The van der Waals surface area contributed by atoms with E-state index >= 15 is 0 Å². The molecule has 1 aliphatic rings. The van der Waals surface area contributed by atoms with E-state index in [4.69, 9.17) is 5.73 Å². The molecule has 0 bridgehead atoms. The fourth-order valence-electron chi connectivity index (χ4n) is 1.76. The molecule has 1 fully saturated rings. The smallest absolute Gasteiger partial charge is 0.165 e. The van der Waals surface area contributed by atoms with Gasteiger partial charge < -0.3 is 5.73 Å². The van der Waals surface area contributed by atoms with E-state index in [1.165, 1.54) is 0 Å². The number of nitrogens with two attached hydrogens (primary N) is 1. The van der Waals surface area contributed by atoms with Crippen LogP contribution >= 0.6 is 0 Å². The molecule has 1 saturated heterocycles. The van der Waals surface area contributed by atoms with Gasteiger partial charge in [0.1, 0.15) is 0 Å². The lowest BCUT2D eigenvalue weighted by Crippen LogP contribution is -2.55. The van der Waals surface area contributed by atoms with Crippen LogP contribution in [0, 0.1) is 0 Å². The maximum atomic E-state index is 5.72. The Morgan fingerprint density at radius 3 is 2.93 bits per heavy atom. The molecule has 0 radical (unpaired) electrons. The molecule has 0 aromatic carbocycles. The lowest BCUT2D eigenvalue weighted by atomic mass is 10.1. The van der Waals surface area contributed by atoms with E-state index in [0.717, 1.165) is 44.8 Å². The Balaban J connectivity index is 1.87. The maximum absolute atomic E-state index is 5.72. The molecule has 0 unspecified atom stereocenters. The number of aryl methyl sites for hydroxylation is 1. The average molecular weight is 210 g/mol. The Hall–Kier alpha value is -1.01. The van der Waals surface area contributed by atoms with Crippen LogP contribution in [-0.4, -0.2) is 44.2 Å². The first-order valence-electron chi connectivity index (χ1n) is 5.52. The van der Waals surface area contributed by atoms with Gasteiger partial charge in [-0.05, 0) is 16.8 Å². The number of hydrogen-bond acceptors (Lipinski definition) is 5. The second-order valence-corrected chi connectivity index (χ2v) is 4.13. The first-order chi connectivity index (χ1) is 7.29. The van der Waals surface area contributed by atoms with Crippen molar-refractivity contribution in [3.63, 3.8) is 0 Å². The number of aromatic nitrogens is 4. The normalized spacial score (nSPS) is 18.0. The highest BCUT2D eigenvalue weighted by molar-refractivity contribution is 4.89. The topological polar surface area (TPSA) is 72.9 Å². The average Bonchev–Trinajstić information content (AvgIpc) is 2.60. The minimum absolute atomic E-state index is 0.338. The summed E-state index contributed by atoms with van der Waals surface area (Å²) in [6, 6.07) is 0.338. The quantitative estimate of drug-likeness (QED) is 0.717. The van der Waals surface area contributed by atoms with Crippen molar-refractivity contribution in [1.82, 2.24) is 25.1 Å². The molecule has 6 nitrogen and oxygen atoms in total. The molecule has 0 saturated carbocycles. The Morgan fingerprint density at radius 1 is 1.47 bits per heavy atom. The second kappa shape index (κ2) is 4.67. The molecule has 0 amide bonds. The minimum Gasteiger partial charge on any atom is -0.325 e. The molecule has 2 rings (SSSR count). The molecule has 0 atom stereocenters. The van der Waals surface area contributed by atoms with Crippen molar-refractivity contribution in [3.8, 4) is 0 Å². The van der Waals surface area contributed by atoms with Gasteiger partial charge in [0.05, 0.1) is 6.54 Å². The summed E-state index contributed by atoms with van der Waals surface area (Å²) in [6.45, 7) is 5.82. The largest absolute Gasteiger partial charge is 0.325 e. The zero-order valence-electron chi connectivity index (χ0n) is 9.13. The summed E-state index contributed by atoms with van der Waals surface area (Å²) < 4.78 is 1.90. The number of nitrogens with zero attached hydrogens (tertiary/aromatic N) is 5. The van der Waals surface area contributed by atoms with Gasteiger partial charge in [0.15, 0.2) is 5.82 Å². The lowest BCUT2D eigenvalue weighted by Gasteiger charge is -2.36. The third kappa shape index (κ3) is 2.51. The molecular weight excluding hydrogens is 192 g/mol. The fraction of sp³-hybridized carbons (Fsp3) is 0.889. The number of unbranched alkanes of at least 4 members (excludes halogenated alkanes) is 1. The van der Waals surface area contributed by atoms with Gasteiger partial charge in [0.2, 0.25) is 0 Å². The van der Waals surface area contributed by atoms with Gasteiger partial charge in [0.25, 0.3) is 0 Å². The van der Waals surface area contributed by atoms with E-state index in [0.29, 0.717) is 6.04 Å². The first-order valence-corrected chi connectivity index (χ1v) is 5.52. The van der Waals surface area contributed by atoms with Gasteiger partial charge in [-0.2, -0.15) is 0 Å². The molecule has 2 N–H and O–H groups in total. The van der Waals surface area contributed by atoms with Crippen LogP contribution in [0.2, 0.25) is 0 Å². The second-order valence-electron chi connectivity index (χ2n) is 4.13. The van der Waals surface area contributed by atoms with Gasteiger partial charge >= 0.3 is 0 Å². The molecule has 1 aromatic heterocycles. The van der Waals surface area contributed by atoms with Crippen molar-refractivity contribution in [2.45, 2.75) is 38.9 Å². The van der Waals surface area contributed by atoms with Gasteiger partial charge in [-0.1, -0.05) is 13.3 Å². The minimum atomic E-state index is 0.338. The molecule has 15 heavy (non-hydrogen) atoms. The summed E-state index contributed by atoms with van der Waals surface area (Å²) in [5, 5.41) is 11.7. The third-order valence-electron chi connectivity index (χ3n) is 2.68. The van der Waals surface area contributed by atoms with Crippen molar-refractivity contribution in [3.05, 3.63) is 5.82 Å².